The minimum absolute atomic E-state index is 0.141. The summed E-state index contributed by atoms with van der Waals surface area (Å²) >= 11 is 0. The number of nitrogens with zero attached hydrogens (tertiary/aromatic N) is 3. The molecule has 0 aliphatic carbocycles. The summed E-state index contributed by atoms with van der Waals surface area (Å²) in [7, 11) is 0. The van der Waals surface area contributed by atoms with E-state index in [0.29, 0.717) is 5.70 Å². The van der Waals surface area contributed by atoms with Gasteiger partial charge in [-0.25, -0.2) is 9.97 Å². The van der Waals surface area contributed by atoms with E-state index in [1.165, 1.54) is 6.20 Å². The first kappa shape index (κ1) is 13.8. The summed E-state index contributed by atoms with van der Waals surface area (Å²) in [6.07, 6.45) is 9.05. The molecule has 1 rings (SSSR count). The Balaban J connectivity index is 2.78. The van der Waals surface area contributed by atoms with Crippen molar-refractivity contribution in [3.63, 3.8) is 0 Å². The highest BCUT2D eigenvalue weighted by molar-refractivity contribution is 5.91. The minimum Gasteiger partial charge on any atom is -0.320 e. The van der Waals surface area contributed by atoms with Crippen LogP contribution in [0, 0.1) is 6.92 Å². The Bertz CT molecular complexity index is 474. The highest BCUT2D eigenvalue weighted by atomic mass is 16.2. The van der Waals surface area contributed by atoms with Gasteiger partial charge in [-0.05, 0) is 31.7 Å². The Hall–Kier alpha value is -2.30. The Morgan fingerprint density at radius 2 is 2.17 bits per heavy atom. The molecule has 1 aromatic heterocycles. The fraction of sp³-hybridized carbons (Fsp3) is 0.231. The normalized spacial score (nSPS) is 11.6. The lowest BCUT2D eigenvalue weighted by molar-refractivity contribution is 0.0956. The van der Waals surface area contributed by atoms with Crippen molar-refractivity contribution < 1.29 is 4.79 Å². The first-order chi connectivity index (χ1) is 8.67. The molecule has 5 nitrogen and oxygen atoms in total. The van der Waals surface area contributed by atoms with Gasteiger partial charge < -0.3 is 5.32 Å². The van der Waals surface area contributed by atoms with Gasteiger partial charge in [-0.1, -0.05) is 13.0 Å². The molecule has 0 bridgehead atoms. The zero-order chi connectivity index (χ0) is 13.4. The van der Waals surface area contributed by atoms with Crippen molar-refractivity contribution in [1.82, 2.24) is 15.3 Å². The summed E-state index contributed by atoms with van der Waals surface area (Å²) in [5.74, 6) is -0.203. The molecular weight excluding hydrogens is 228 g/mol. The summed E-state index contributed by atoms with van der Waals surface area (Å²) in [4.78, 5) is 23.4. The monoisotopic (exact) mass is 244 g/mol. The molecule has 1 heterocycles. The van der Waals surface area contributed by atoms with Gasteiger partial charge in [-0.3, -0.25) is 9.79 Å². The van der Waals surface area contributed by atoms with E-state index in [4.69, 9.17) is 0 Å². The molecule has 0 fully saturated rings. The molecule has 0 aromatic carbocycles. The second-order valence-electron chi connectivity index (χ2n) is 3.60. The number of aromatic nitrogens is 2. The SMILES string of the molecule is C=N/C=C\C(=C/CC)NC(=O)c1ncc(C)cn1. The molecule has 1 N–H and O–H groups in total. The third kappa shape index (κ3) is 4.29. The highest BCUT2D eigenvalue weighted by Crippen LogP contribution is 1.99. The first-order valence-electron chi connectivity index (χ1n) is 5.60. The van der Waals surface area contributed by atoms with E-state index in [-0.39, 0.29) is 11.7 Å². The number of aryl methyl sites for hydroxylation is 1. The van der Waals surface area contributed by atoms with Crippen molar-refractivity contribution in [2.24, 2.45) is 4.99 Å². The summed E-state index contributed by atoms with van der Waals surface area (Å²) in [5, 5.41) is 2.71. The van der Waals surface area contributed by atoms with Gasteiger partial charge in [-0.15, -0.1) is 0 Å². The van der Waals surface area contributed by atoms with E-state index in [2.05, 4.69) is 27.0 Å². The van der Waals surface area contributed by atoms with Crippen LogP contribution in [0.15, 0.2) is 41.4 Å². The van der Waals surface area contributed by atoms with Crippen LogP contribution in [0.1, 0.15) is 29.5 Å². The Kier molecular flexibility index (Phi) is 5.44. The molecule has 0 saturated heterocycles. The Labute approximate surface area is 106 Å². The molecule has 0 radical (unpaired) electrons. The fourth-order valence-electron chi connectivity index (χ4n) is 1.21. The van der Waals surface area contributed by atoms with Crippen LogP contribution < -0.4 is 5.32 Å². The number of amides is 1. The van der Waals surface area contributed by atoms with Gasteiger partial charge in [-0.2, -0.15) is 0 Å². The number of allylic oxidation sites excluding steroid dienone is 2. The minimum atomic E-state index is -0.344. The number of aliphatic imine (C=N–C) groups is 1. The van der Waals surface area contributed by atoms with E-state index in [1.54, 1.807) is 18.5 Å². The topological polar surface area (TPSA) is 67.2 Å². The molecule has 0 spiro atoms. The van der Waals surface area contributed by atoms with Crippen LogP contribution in [0.2, 0.25) is 0 Å². The standard InChI is InChI=1S/C13H16N4O/c1-4-5-11(6-7-14-3)17-13(18)12-15-8-10(2)9-16-12/h5-9H,3-4H2,1-2H3,(H,17,18)/b7-6-,11-5+. The van der Waals surface area contributed by atoms with Gasteiger partial charge in [0.15, 0.2) is 0 Å². The maximum Gasteiger partial charge on any atom is 0.293 e. The van der Waals surface area contributed by atoms with Crippen LogP contribution >= 0.6 is 0 Å². The molecule has 0 atom stereocenters. The molecule has 0 unspecified atom stereocenters. The van der Waals surface area contributed by atoms with Crippen LogP contribution in [-0.2, 0) is 0 Å². The molecule has 0 saturated carbocycles. The first-order valence-corrected chi connectivity index (χ1v) is 5.60. The van der Waals surface area contributed by atoms with E-state index < -0.39 is 0 Å². The zero-order valence-electron chi connectivity index (χ0n) is 10.6. The van der Waals surface area contributed by atoms with Gasteiger partial charge in [0, 0.05) is 24.3 Å². The second-order valence-corrected chi connectivity index (χ2v) is 3.60. The molecule has 0 aliphatic heterocycles. The second kappa shape index (κ2) is 7.11. The molecule has 1 aromatic rings. The number of carbonyl (C=O) groups is 1. The molecule has 18 heavy (non-hydrogen) atoms. The highest BCUT2D eigenvalue weighted by Gasteiger charge is 2.08. The summed E-state index contributed by atoms with van der Waals surface area (Å²) < 4.78 is 0. The van der Waals surface area contributed by atoms with Gasteiger partial charge in [0.25, 0.3) is 5.91 Å². The smallest absolute Gasteiger partial charge is 0.293 e. The third-order valence-electron chi connectivity index (χ3n) is 2.03. The van der Waals surface area contributed by atoms with E-state index in [9.17, 15) is 4.79 Å². The largest absolute Gasteiger partial charge is 0.320 e. The quantitative estimate of drug-likeness (QED) is 0.636. The van der Waals surface area contributed by atoms with Crippen molar-refractivity contribution in [2.75, 3.05) is 0 Å². The number of nitrogens with one attached hydrogen (secondary N) is 1. The average molecular weight is 244 g/mol. The van der Waals surface area contributed by atoms with Crippen LogP contribution in [-0.4, -0.2) is 22.6 Å². The van der Waals surface area contributed by atoms with Crippen molar-refractivity contribution in [3.05, 3.63) is 47.8 Å². The van der Waals surface area contributed by atoms with Crippen LogP contribution in [0.4, 0.5) is 0 Å². The lowest BCUT2D eigenvalue weighted by atomic mass is 10.3. The van der Waals surface area contributed by atoms with Gasteiger partial charge in [0.2, 0.25) is 5.82 Å². The van der Waals surface area contributed by atoms with Crippen molar-refractivity contribution in [2.45, 2.75) is 20.3 Å². The van der Waals surface area contributed by atoms with Crippen molar-refractivity contribution in [1.29, 1.82) is 0 Å². The maximum atomic E-state index is 11.8. The predicted molar refractivity (Wildman–Crippen MR) is 71.3 cm³/mol. The fourth-order valence-corrected chi connectivity index (χ4v) is 1.21. The molecule has 0 aliphatic rings. The van der Waals surface area contributed by atoms with Crippen LogP contribution in [0.25, 0.3) is 0 Å². The summed E-state index contributed by atoms with van der Waals surface area (Å²) in [6.45, 7) is 7.18. The Morgan fingerprint density at radius 3 is 2.72 bits per heavy atom. The third-order valence-corrected chi connectivity index (χ3v) is 2.03. The van der Waals surface area contributed by atoms with Gasteiger partial charge in [0.1, 0.15) is 0 Å². The molecule has 94 valence electrons. The average Bonchev–Trinajstić information content (AvgIpc) is 2.37. The summed E-state index contributed by atoms with van der Waals surface area (Å²) in [5.41, 5.74) is 1.56. The van der Waals surface area contributed by atoms with Crippen molar-refractivity contribution >= 4 is 12.6 Å². The van der Waals surface area contributed by atoms with E-state index in [0.717, 1.165) is 12.0 Å². The van der Waals surface area contributed by atoms with Gasteiger partial charge in [0.05, 0.1) is 0 Å². The number of carbonyl (C=O) groups excluding carboxylic acids is 1. The number of rotatable bonds is 5. The van der Waals surface area contributed by atoms with Crippen molar-refractivity contribution in [3.8, 4) is 0 Å². The Morgan fingerprint density at radius 1 is 1.50 bits per heavy atom. The van der Waals surface area contributed by atoms with Gasteiger partial charge >= 0.3 is 0 Å². The lowest BCUT2D eigenvalue weighted by Gasteiger charge is -2.04. The number of hydrogen-bond acceptors (Lipinski definition) is 4. The van der Waals surface area contributed by atoms with Crippen LogP contribution in [0.5, 0.6) is 0 Å². The molecule has 1 amide bonds. The van der Waals surface area contributed by atoms with E-state index >= 15 is 0 Å². The number of hydrogen-bond donors (Lipinski definition) is 1. The maximum absolute atomic E-state index is 11.8. The molecular formula is C13H16N4O. The van der Waals surface area contributed by atoms with Crippen LogP contribution in [0.3, 0.4) is 0 Å². The lowest BCUT2D eigenvalue weighted by Crippen LogP contribution is -2.24. The van der Waals surface area contributed by atoms with E-state index in [1.807, 2.05) is 19.9 Å². The zero-order valence-corrected chi connectivity index (χ0v) is 10.6. The predicted octanol–water partition coefficient (Wildman–Crippen LogP) is 2.02. The summed E-state index contributed by atoms with van der Waals surface area (Å²) in [6, 6.07) is 0. The molecule has 5 heteroatoms.